The highest BCUT2D eigenvalue weighted by Gasteiger charge is 2.36. The Balaban J connectivity index is 0.00000162. The van der Waals surface area contributed by atoms with Crippen LogP contribution in [0.3, 0.4) is 0 Å². The first-order valence-electron chi connectivity index (χ1n) is 5.80. The highest BCUT2D eigenvalue weighted by atomic mass is 127. The second-order valence-corrected chi connectivity index (χ2v) is 6.15. The molecule has 1 aliphatic rings. The first-order chi connectivity index (χ1) is 8.01. The zero-order valence-electron chi connectivity index (χ0n) is 10.5. The molecule has 1 aromatic rings. The number of anilines is 1. The third-order valence-electron chi connectivity index (χ3n) is 3.35. The van der Waals surface area contributed by atoms with E-state index in [0.717, 1.165) is 30.8 Å². The van der Waals surface area contributed by atoms with Crippen LogP contribution in [0.25, 0.3) is 0 Å². The molecule has 1 heterocycles. The molecule has 1 amide bonds. The molecule has 0 radical (unpaired) electrons. The second kappa shape index (κ2) is 6.21. The number of halogens is 2. The molecule has 0 saturated carbocycles. The molecule has 0 aromatic heterocycles. The predicted octanol–water partition coefficient (Wildman–Crippen LogP) is 2.96. The summed E-state index contributed by atoms with van der Waals surface area (Å²) < 4.78 is 1.19. The Morgan fingerprint density at radius 2 is 2.22 bits per heavy atom. The molecule has 3 nitrogen and oxygen atoms in total. The number of amides is 1. The maximum Gasteiger partial charge on any atom is 0.231 e. The van der Waals surface area contributed by atoms with Crippen molar-refractivity contribution in [3.05, 3.63) is 27.3 Å². The molecule has 2 rings (SSSR count). The zero-order chi connectivity index (χ0) is 12.5. The van der Waals surface area contributed by atoms with Crippen LogP contribution in [0.15, 0.2) is 18.2 Å². The summed E-state index contributed by atoms with van der Waals surface area (Å²) in [6, 6.07) is 6.06. The van der Waals surface area contributed by atoms with Gasteiger partial charge in [0.1, 0.15) is 0 Å². The van der Waals surface area contributed by atoms with Gasteiger partial charge in [0.2, 0.25) is 5.91 Å². The number of benzene rings is 1. The van der Waals surface area contributed by atoms with Crippen molar-refractivity contribution in [2.75, 3.05) is 18.4 Å². The molecule has 2 N–H and O–H groups in total. The molecule has 1 aromatic carbocycles. The SMILES string of the molecule is Cc1cc(I)ccc1NC(=O)C1(C)CCNC1.Cl. The molecule has 5 heteroatoms. The van der Waals surface area contributed by atoms with Crippen LogP contribution in [-0.2, 0) is 4.79 Å². The molecule has 1 fully saturated rings. The highest BCUT2D eigenvalue weighted by Crippen LogP contribution is 2.27. The Bertz CT molecular complexity index is 445. The van der Waals surface area contributed by atoms with Crippen LogP contribution in [-0.4, -0.2) is 19.0 Å². The summed E-state index contributed by atoms with van der Waals surface area (Å²) in [7, 11) is 0. The van der Waals surface area contributed by atoms with Gasteiger partial charge in [0.05, 0.1) is 5.41 Å². The Kier molecular flexibility index (Phi) is 5.43. The van der Waals surface area contributed by atoms with Gasteiger partial charge in [0, 0.05) is 15.8 Å². The van der Waals surface area contributed by atoms with Crippen molar-refractivity contribution in [2.45, 2.75) is 20.3 Å². The average molecular weight is 381 g/mol. The van der Waals surface area contributed by atoms with Crippen molar-refractivity contribution in [1.82, 2.24) is 5.32 Å². The third-order valence-corrected chi connectivity index (χ3v) is 4.02. The van der Waals surface area contributed by atoms with E-state index in [0.29, 0.717) is 0 Å². The molecule has 100 valence electrons. The number of nitrogens with one attached hydrogen (secondary N) is 2. The fourth-order valence-electron chi connectivity index (χ4n) is 2.05. The van der Waals surface area contributed by atoms with Crippen molar-refractivity contribution in [3.63, 3.8) is 0 Å². The molecule has 0 spiro atoms. The van der Waals surface area contributed by atoms with Crippen LogP contribution in [0.5, 0.6) is 0 Å². The lowest BCUT2D eigenvalue weighted by atomic mass is 9.88. The van der Waals surface area contributed by atoms with Crippen LogP contribution in [0, 0.1) is 15.9 Å². The van der Waals surface area contributed by atoms with E-state index in [1.165, 1.54) is 3.57 Å². The molecule has 1 saturated heterocycles. The second-order valence-electron chi connectivity index (χ2n) is 4.90. The van der Waals surface area contributed by atoms with E-state index in [1.54, 1.807) is 0 Å². The largest absolute Gasteiger partial charge is 0.325 e. The Labute approximate surface area is 128 Å². The molecular weight excluding hydrogens is 363 g/mol. The minimum atomic E-state index is -0.268. The maximum atomic E-state index is 12.2. The van der Waals surface area contributed by atoms with E-state index in [2.05, 4.69) is 39.3 Å². The maximum absolute atomic E-state index is 12.2. The van der Waals surface area contributed by atoms with Gasteiger partial charge < -0.3 is 10.6 Å². The zero-order valence-corrected chi connectivity index (χ0v) is 13.5. The Hall–Kier alpha value is -0.330. The standard InChI is InChI=1S/C13H17IN2O.ClH/c1-9-7-10(14)3-4-11(9)16-12(17)13(2)5-6-15-8-13;/h3-4,7,15H,5-6,8H2,1-2H3,(H,16,17);1H. The van der Waals surface area contributed by atoms with E-state index >= 15 is 0 Å². The van der Waals surface area contributed by atoms with Crippen molar-refractivity contribution in [3.8, 4) is 0 Å². The molecule has 1 aliphatic heterocycles. The van der Waals surface area contributed by atoms with Gasteiger partial charge >= 0.3 is 0 Å². The normalized spacial score (nSPS) is 22.4. The summed E-state index contributed by atoms with van der Waals surface area (Å²) in [6.45, 7) is 5.73. The van der Waals surface area contributed by atoms with Gasteiger partial charge in [-0.15, -0.1) is 12.4 Å². The highest BCUT2D eigenvalue weighted by molar-refractivity contribution is 14.1. The molecular formula is C13H18ClIN2O. The number of hydrogen-bond acceptors (Lipinski definition) is 2. The lowest BCUT2D eigenvalue weighted by Gasteiger charge is -2.22. The van der Waals surface area contributed by atoms with Crippen LogP contribution in [0.2, 0.25) is 0 Å². The number of carbonyl (C=O) groups is 1. The number of carbonyl (C=O) groups excluding carboxylic acids is 1. The summed E-state index contributed by atoms with van der Waals surface area (Å²) in [5.41, 5.74) is 1.76. The lowest BCUT2D eigenvalue weighted by Crippen LogP contribution is -2.35. The first-order valence-corrected chi connectivity index (χ1v) is 6.87. The van der Waals surface area contributed by atoms with Crippen LogP contribution >= 0.6 is 35.0 Å². The summed E-state index contributed by atoms with van der Waals surface area (Å²) in [6.07, 6.45) is 0.905. The Morgan fingerprint density at radius 1 is 1.50 bits per heavy atom. The molecule has 1 atom stereocenters. The van der Waals surface area contributed by atoms with Crippen molar-refractivity contribution >= 4 is 46.6 Å². The van der Waals surface area contributed by atoms with Crippen molar-refractivity contribution in [2.24, 2.45) is 5.41 Å². The first kappa shape index (κ1) is 15.7. The van der Waals surface area contributed by atoms with Gasteiger partial charge in [-0.3, -0.25) is 4.79 Å². The smallest absolute Gasteiger partial charge is 0.231 e. The van der Waals surface area contributed by atoms with Gasteiger partial charge in [0.25, 0.3) is 0 Å². The minimum Gasteiger partial charge on any atom is -0.325 e. The van der Waals surface area contributed by atoms with Gasteiger partial charge in [-0.2, -0.15) is 0 Å². The van der Waals surface area contributed by atoms with Crippen molar-refractivity contribution < 1.29 is 4.79 Å². The fourth-order valence-corrected chi connectivity index (χ4v) is 2.70. The topological polar surface area (TPSA) is 41.1 Å². The van der Waals surface area contributed by atoms with E-state index < -0.39 is 0 Å². The summed E-state index contributed by atoms with van der Waals surface area (Å²) in [5.74, 6) is 0.117. The Morgan fingerprint density at radius 3 is 2.78 bits per heavy atom. The van der Waals surface area contributed by atoms with E-state index in [1.807, 2.05) is 26.0 Å². The lowest BCUT2D eigenvalue weighted by molar-refractivity contribution is -0.123. The quantitative estimate of drug-likeness (QED) is 0.775. The van der Waals surface area contributed by atoms with Crippen molar-refractivity contribution in [1.29, 1.82) is 0 Å². The summed E-state index contributed by atoms with van der Waals surface area (Å²) in [5, 5.41) is 6.28. The number of aryl methyl sites for hydroxylation is 1. The van der Waals surface area contributed by atoms with E-state index in [4.69, 9.17) is 0 Å². The van der Waals surface area contributed by atoms with E-state index in [9.17, 15) is 4.79 Å². The molecule has 0 aliphatic carbocycles. The van der Waals surface area contributed by atoms with Crippen LogP contribution in [0.1, 0.15) is 18.9 Å². The summed E-state index contributed by atoms with van der Waals surface area (Å²) >= 11 is 2.27. The predicted molar refractivity (Wildman–Crippen MR) is 85.4 cm³/mol. The van der Waals surface area contributed by atoms with Gasteiger partial charge in [-0.25, -0.2) is 0 Å². The number of hydrogen-bond donors (Lipinski definition) is 2. The van der Waals surface area contributed by atoms with Crippen LogP contribution < -0.4 is 10.6 Å². The molecule has 1 unspecified atom stereocenters. The average Bonchev–Trinajstić information content (AvgIpc) is 2.71. The third kappa shape index (κ3) is 3.36. The molecule has 18 heavy (non-hydrogen) atoms. The molecule has 0 bridgehead atoms. The van der Waals surface area contributed by atoms with Crippen LogP contribution in [0.4, 0.5) is 5.69 Å². The van der Waals surface area contributed by atoms with E-state index in [-0.39, 0.29) is 23.7 Å². The van der Waals surface area contributed by atoms with Gasteiger partial charge in [0.15, 0.2) is 0 Å². The van der Waals surface area contributed by atoms with Gasteiger partial charge in [-0.1, -0.05) is 0 Å². The van der Waals surface area contributed by atoms with Gasteiger partial charge in [-0.05, 0) is 73.2 Å². The minimum absolute atomic E-state index is 0. The fraction of sp³-hybridized carbons (Fsp3) is 0.462. The monoisotopic (exact) mass is 380 g/mol. The number of rotatable bonds is 2. The summed E-state index contributed by atoms with van der Waals surface area (Å²) in [4.78, 5) is 12.2.